The number of carbonyl (C=O) groups is 2. The molecule has 2 amide bonds. The molecule has 3 aromatic carbocycles. The Balaban J connectivity index is 1.71. The molecule has 28 heavy (non-hydrogen) atoms. The van der Waals surface area contributed by atoms with Gasteiger partial charge >= 0.3 is 0 Å². The van der Waals surface area contributed by atoms with Gasteiger partial charge in [-0.15, -0.1) is 0 Å². The van der Waals surface area contributed by atoms with Gasteiger partial charge in [0, 0.05) is 10.0 Å². The van der Waals surface area contributed by atoms with Crippen LogP contribution in [-0.4, -0.2) is 23.2 Å². The molecule has 140 valence electrons. The van der Waals surface area contributed by atoms with Gasteiger partial charge in [-0.2, -0.15) is 0 Å². The summed E-state index contributed by atoms with van der Waals surface area (Å²) >= 11 is 4.38. The number of ether oxygens (including phenoxy) is 1. The van der Waals surface area contributed by atoms with E-state index in [1.54, 1.807) is 13.2 Å². The summed E-state index contributed by atoms with van der Waals surface area (Å²) in [6, 6.07) is 19.3. The van der Waals surface area contributed by atoms with Crippen molar-refractivity contribution < 1.29 is 14.3 Å². The van der Waals surface area contributed by atoms with Crippen LogP contribution in [0.1, 0.15) is 11.1 Å². The topological polar surface area (TPSA) is 46.6 Å². The maximum atomic E-state index is 12.9. The van der Waals surface area contributed by atoms with Crippen LogP contribution in [0.2, 0.25) is 0 Å². The number of benzene rings is 3. The number of fused-ring (bicyclic) bond motifs is 1. The summed E-state index contributed by atoms with van der Waals surface area (Å²) < 4.78 is 6.40. The third-order valence-corrected chi connectivity index (χ3v) is 5.93. The molecule has 1 heterocycles. The first-order valence-corrected chi connectivity index (χ1v) is 10.2. The van der Waals surface area contributed by atoms with Gasteiger partial charge in [-0.05, 0) is 52.4 Å². The van der Waals surface area contributed by atoms with Gasteiger partial charge in [-0.3, -0.25) is 14.5 Å². The van der Waals surface area contributed by atoms with Crippen molar-refractivity contribution in [3.8, 4) is 5.75 Å². The van der Waals surface area contributed by atoms with E-state index in [1.165, 1.54) is 4.90 Å². The Morgan fingerprint density at radius 1 is 1.07 bits per heavy atom. The minimum Gasteiger partial charge on any atom is -0.496 e. The number of carbonyl (C=O) groups excluding carboxylic acids is 2. The van der Waals surface area contributed by atoms with Gasteiger partial charge in [-0.25, -0.2) is 0 Å². The fraction of sp³-hybridized carbons (Fsp3) is 0.0909. The molecule has 0 bridgehead atoms. The summed E-state index contributed by atoms with van der Waals surface area (Å²) in [5.41, 5.74) is 1.69. The smallest absolute Gasteiger partial charge is 0.293 e. The number of methoxy groups -OCH3 is 1. The van der Waals surface area contributed by atoms with Crippen LogP contribution in [0.15, 0.2) is 70.0 Å². The second-order valence-corrected chi connectivity index (χ2v) is 8.21. The van der Waals surface area contributed by atoms with Crippen molar-refractivity contribution in [2.75, 3.05) is 7.11 Å². The first-order valence-electron chi connectivity index (χ1n) is 8.62. The van der Waals surface area contributed by atoms with Crippen LogP contribution in [-0.2, 0) is 11.3 Å². The Bertz CT molecular complexity index is 1130. The summed E-state index contributed by atoms with van der Waals surface area (Å²) in [4.78, 5) is 27.1. The van der Waals surface area contributed by atoms with Crippen molar-refractivity contribution in [2.24, 2.45) is 0 Å². The molecule has 0 aromatic heterocycles. The van der Waals surface area contributed by atoms with Gasteiger partial charge in [0.05, 0.1) is 18.6 Å². The Hall–Kier alpha value is -2.57. The van der Waals surface area contributed by atoms with Crippen LogP contribution in [0.5, 0.6) is 5.75 Å². The molecular formula is C22H16BrNO3S. The zero-order valence-electron chi connectivity index (χ0n) is 15.0. The average Bonchev–Trinajstić information content (AvgIpc) is 2.96. The summed E-state index contributed by atoms with van der Waals surface area (Å²) in [5, 5.41) is 1.75. The standard InChI is InChI=1S/C22H16BrNO3S/c1-27-19-10-9-15-6-2-3-8-17(15)18(19)12-20-21(25)24(22(26)28-20)13-14-5-4-7-16(23)11-14/h2-12H,13H2,1H3/b20-12+. The largest absolute Gasteiger partial charge is 0.496 e. The Labute approximate surface area is 175 Å². The number of rotatable bonds is 4. The fourth-order valence-electron chi connectivity index (χ4n) is 3.19. The van der Waals surface area contributed by atoms with Crippen molar-refractivity contribution in [2.45, 2.75) is 6.54 Å². The van der Waals surface area contributed by atoms with Crippen LogP contribution in [0.4, 0.5) is 4.79 Å². The van der Waals surface area contributed by atoms with Crippen molar-refractivity contribution in [1.29, 1.82) is 0 Å². The molecule has 1 aliphatic rings. The number of amides is 2. The van der Waals surface area contributed by atoms with Gasteiger partial charge < -0.3 is 4.74 Å². The van der Waals surface area contributed by atoms with Crippen LogP contribution in [0.25, 0.3) is 16.8 Å². The molecule has 6 heteroatoms. The molecule has 0 N–H and O–H groups in total. The molecule has 0 saturated carbocycles. The maximum Gasteiger partial charge on any atom is 0.293 e. The second kappa shape index (κ2) is 7.81. The maximum absolute atomic E-state index is 12.9. The third-order valence-electron chi connectivity index (χ3n) is 4.53. The van der Waals surface area contributed by atoms with E-state index in [4.69, 9.17) is 4.74 Å². The normalized spacial score (nSPS) is 15.6. The molecule has 3 aromatic rings. The molecule has 1 saturated heterocycles. The summed E-state index contributed by atoms with van der Waals surface area (Å²) in [7, 11) is 1.60. The lowest BCUT2D eigenvalue weighted by atomic mass is 10.0. The van der Waals surface area contributed by atoms with Gasteiger partial charge in [0.25, 0.3) is 11.1 Å². The van der Waals surface area contributed by atoms with E-state index < -0.39 is 0 Å². The molecule has 4 rings (SSSR count). The van der Waals surface area contributed by atoms with E-state index in [0.29, 0.717) is 10.7 Å². The SMILES string of the molecule is COc1ccc2ccccc2c1/C=C1/SC(=O)N(Cc2cccc(Br)c2)C1=O. The van der Waals surface area contributed by atoms with Gasteiger partial charge in [0.1, 0.15) is 5.75 Å². The molecule has 1 aliphatic heterocycles. The first-order chi connectivity index (χ1) is 13.6. The molecule has 1 fully saturated rings. The van der Waals surface area contributed by atoms with E-state index in [9.17, 15) is 9.59 Å². The van der Waals surface area contributed by atoms with Crippen LogP contribution < -0.4 is 4.74 Å². The molecule has 0 unspecified atom stereocenters. The Morgan fingerprint density at radius 3 is 2.68 bits per heavy atom. The number of hydrogen-bond acceptors (Lipinski definition) is 4. The minimum absolute atomic E-state index is 0.244. The monoisotopic (exact) mass is 453 g/mol. The lowest BCUT2D eigenvalue weighted by molar-refractivity contribution is -0.123. The highest BCUT2D eigenvalue weighted by molar-refractivity contribution is 9.10. The number of hydrogen-bond donors (Lipinski definition) is 0. The third kappa shape index (κ3) is 3.57. The van der Waals surface area contributed by atoms with E-state index in [1.807, 2.05) is 60.7 Å². The van der Waals surface area contributed by atoms with E-state index in [2.05, 4.69) is 15.9 Å². The zero-order valence-corrected chi connectivity index (χ0v) is 17.4. The fourth-order valence-corrected chi connectivity index (χ4v) is 4.45. The Kier molecular flexibility index (Phi) is 5.24. The Morgan fingerprint density at radius 2 is 1.89 bits per heavy atom. The lowest BCUT2D eigenvalue weighted by Crippen LogP contribution is -2.27. The van der Waals surface area contributed by atoms with Crippen molar-refractivity contribution in [3.63, 3.8) is 0 Å². The highest BCUT2D eigenvalue weighted by Crippen LogP contribution is 2.37. The first kappa shape index (κ1) is 18.8. The zero-order chi connectivity index (χ0) is 19.7. The number of imide groups is 1. The predicted octanol–water partition coefficient (Wildman–Crippen LogP) is 5.85. The molecule has 0 aliphatic carbocycles. The average molecular weight is 454 g/mol. The van der Waals surface area contributed by atoms with Crippen LogP contribution in [0, 0.1) is 0 Å². The number of thioether (sulfide) groups is 1. The van der Waals surface area contributed by atoms with E-state index in [0.717, 1.165) is 38.1 Å². The second-order valence-electron chi connectivity index (χ2n) is 6.30. The van der Waals surface area contributed by atoms with Crippen molar-refractivity contribution >= 4 is 55.7 Å². The van der Waals surface area contributed by atoms with Crippen LogP contribution in [0.3, 0.4) is 0 Å². The summed E-state index contributed by atoms with van der Waals surface area (Å²) in [6.07, 6.45) is 1.76. The molecule has 4 nitrogen and oxygen atoms in total. The van der Waals surface area contributed by atoms with Crippen molar-refractivity contribution in [3.05, 3.63) is 81.2 Å². The van der Waals surface area contributed by atoms with Crippen molar-refractivity contribution in [1.82, 2.24) is 4.90 Å². The van der Waals surface area contributed by atoms with Gasteiger partial charge in [0.15, 0.2) is 0 Å². The molecular weight excluding hydrogens is 438 g/mol. The minimum atomic E-state index is -0.287. The highest BCUT2D eigenvalue weighted by Gasteiger charge is 2.35. The van der Waals surface area contributed by atoms with Gasteiger partial charge in [-0.1, -0.05) is 58.4 Å². The lowest BCUT2D eigenvalue weighted by Gasteiger charge is -2.13. The molecule has 0 spiro atoms. The highest BCUT2D eigenvalue weighted by atomic mass is 79.9. The quantitative estimate of drug-likeness (QED) is 0.465. The number of nitrogens with zero attached hydrogens (tertiary/aromatic N) is 1. The van der Waals surface area contributed by atoms with Gasteiger partial charge in [0.2, 0.25) is 0 Å². The summed E-state index contributed by atoms with van der Waals surface area (Å²) in [5.74, 6) is 0.377. The van der Waals surface area contributed by atoms with E-state index in [-0.39, 0.29) is 17.7 Å². The summed E-state index contributed by atoms with van der Waals surface area (Å²) in [6.45, 7) is 0.244. The molecule has 0 atom stereocenters. The van der Waals surface area contributed by atoms with Crippen LogP contribution >= 0.6 is 27.7 Å². The number of halogens is 1. The van der Waals surface area contributed by atoms with E-state index >= 15 is 0 Å². The predicted molar refractivity (Wildman–Crippen MR) is 116 cm³/mol. The molecule has 0 radical (unpaired) electrons.